The first-order valence-corrected chi connectivity index (χ1v) is 6.93. The van der Waals surface area contributed by atoms with E-state index in [1.807, 2.05) is 12.1 Å². The fourth-order valence-corrected chi connectivity index (χ4v) is 1.92. The van der Waals surface area contributed by atoms with Crippen LogP contribution in [-0.4, -0.2) is 31.1 Å². The lowest BCUT2D eigenvalue weighted by Gasteiger charge is -2.23. The summed E-state index contributed by atoms with van der Waals surface area (Å²) >= 11 is 0. The number of quaternary nitrogens is 2. The number of carboxylic acid groups (broad SMARTS) is 2. The van der Waals surface area contributed by atoms with Gasteiger partial charge in [-0.25, -0.2) is 9.69 Å². The Morgan fingerprint density at radius 2 is 1.91 bits per heavy atom. The van der Waals surface area contributed by atoms with Gasteiger partial charge in [-0.3, -0.25) is 0 Å². The molecule has 1 amide bonds. The minimum Gasteiger partial charge on any atom is -0.545 e. The summed E-state index contributed by atoms with van der Waals surface area (Å²) in [5.74, 6) is -2.28. The number of fused-ring (bicyclic) bond motifs is 1. The quantitative estimate of drug-likeness (QED) is 0.549. The minimum atomic E-state index is -1.55. The Balaban J connectivity index is 0.000000284. The molecule has 4 N–H and O–H groups in total. The molecular formula is C15H18N2O6. The van der Waals surface area contributed by atoms with Crippen LogP contribution in [0, 0.1) is 0 Å². The van der Waals surface area contributed by atoms with Gasteiger partial charge in [0.15, 0.2) is 0 Å². The fraction of sp³-hybridized carbons (Fsp3) is 0.267. The summed E-state index contributed by atoms with van der Waals surface area (Å²) in [7, 11) is 0. The van der Waals surface area contributed by atoms with E-state index in [1.54, 1.807) is 6.07 Å². The number of carbonyl (C=O) groups is 3. The molecule has 0 bridgehead atoms. The van der Waals surface area contributed by atoms with Gasteiger partial charge in [0.1, 0.15) is 17.0 Å². The predicted molar refractivity (Wildman–Crippen MR) is 74.1 cm³/mol. The molecular weight excluding hydrogens is 304 g/mol. The van der Waals surface area contributed by atoms with Gasteiger partial charge in [0.2, 0.25) is 6.73 Å². The van der Waals surface area contributed by atoms with E-state index < -0.39 is 11.9 Å². The van der Waals surface area contributed by atoms with E-state index in [1.165, 1.54) is 0 Å². The van der Waals surface area contributed by atoms with Gasteiger partial charge in [-0.15, -0.1) is 0 Å². The number of benzene rings is 1. The van der Waals surface area contributed by atoms with Crippen molar-refractivity contribution in [2.75, 3.05) is 13.3 Å². The molecule has 8 heteroatoms. The molecule has 1 aliphatic heterocycles. The van der Waals surface area contributed by atoms with Crippen molar-refractivity contribution in [1.29, 1.82) is 0 Å². The second-order valence-electron chi connectivity index (χ2n) is 4.77. The largest absolute Gasteiger partial charge is 0.545 e. The number of hydrogen-bond donors (Lipinski definition) is 2. The lowest BCUT2D eigenvalue weighted by molar-refractivity contribution is -0.835. The standard InChI is InChI=1S/C11H14N2O2.C4H4O4/c1-2-5-13-7-15-10-4-3-8(12)6-9(10)11(13)14;5-3(6)1-2-4(7)8/h3-4,6H,2,5,7,12H2,1H3;1-2H,(H,5,6)(H,7,8)/b;2-1-. The molecule has 0 aliphatic carbocycles. The average Bonchev–Trinajstić information content (AvgIpc) is 2.49. The van der Waals surface area contributed by atoms with Gasteiger partial charge in [-0.05, 0) is 24.6 Å². The molecule has 1 atom stereocenters. The van der Waals surface area contributed by atoms with Crippen LogP contribution in [0.25, 0.3) is 0 Å². The maximum atomic E-state index is 12.0. The third-order valence-electron chi connectivity index (χ3n) is 2.92. The Bertz CT molecular complexity index is 610. The van der Waals surface area contributed by atoms with E-state index in [2.05, 4.69) is 12.7 Å². The first-order chi connectivity index (χ1) is 10.8. The molecule has 0 fully saturated rings. The maximum Gasteiger partial charge on any atom is 0.351 e. The normalized spacial score (nSPS) is 16.1. The number of carbonyl (C=O) groups excluding carboxylic acids is 3. The van der Waals surface area contributed by atoms with Gasteiger partial charge in [-0.2, -0.15) is 0 Å². The van der Waals surface area contributed by atoms with Gasteiger partial charge in [0.05, 0.1) is 18.5 Å². The van der Waals surface area contributed by atoms with Crippen LogP contribution in [-0.2, 0) is 9.59 Å². The van der Waals surface area contributed by atoms with Crippen LogP contribution < -0.4 is 25.6 Å². The summed E-state index contributed by atoms with van der Waals surface area (Å²) < 4.78 is 5.53. The van der Waals surface area contributed by atoms with E-state index in [-0.39, 0.29) is 5.91 Å². The molecule has 2 rings (SSSR count). The molecule has 23 heavy (non-hydrogen) atoms. The Morgan fingerprint density at radius 3 is 2.43 bits per heavy atom. The monoisotopic (exact) mass is 322 g/mol. The van der Waals surface area contributed by atoms with Crippen LogP contribution in [0.2, 0.25) is 0 Å². The first-order valence-electron chi connectivity index (χ1n) is 6.93. The smallest absolute Gasteiger partial charge is 0.351 e. The van der Waals surface area contributed by atoms with E-state index in [9.17, 15) is 24.6 Å². The van der Waals surface area contributed by atoms with Crippen LogP contribution in [0.1, 0.15) is 23.7 Å². The van der Waals surface area contributed by atoms with E-state index >= 15 is 0 Å². The van der Waals surface area contributed by atoms with E-state index in [0.29, 0.717) is 30.2 Å². The van der Waals surface area contributed by atoms with Crippen molar-refractivity contribution in [1.82, 2.24) is 0 Å². The molecule has 1 aromatic rings. The Morgan fingerprint density at radius 1 is 1.30 bits per heavy atom. The number of amides is 1. The number of carboxylic acids is 2. The highest BCUT2D eigenvalue weighted by Crippen LogP contribution is 2.21. The van der Waals surface area contributed by atoms with Crippen molar-refractivity contribution in [3.63, 3.8) is 0 Å². The number of nitrogens with one attached hydrogen (secondary N) is 1. The van der Waals surface area contributed by atoms with Crippen molar-refractivity contribution in [2.24, 2.45) is 0 Å². The van der Waals surface area contributed by atoms with Crippen molar-refractivity contribution in [2.45, 2.75) is 13.3 Å². The van der Waals surface area contributed by atoms with Gasteiger partial charge in [0.25, 0.3) is 0 Å². The van der Waals surface area contributed by atoms with Crippen LogP contribution in [0.5, 0.6) is 5.75 Å². The fourth-order valence-electron chi connectivity index (χ4n) is 1.92. The van der Waals surface area contributed by atoms with Crippen LogP contribution >= 0.6 is 0 Å². The molecule has 1 heterocycles. The highest BCUT2D eigenvalue weighted by atomic mass is 16.5. The van der Waals surface area contributed by atoms with Gasteiger partial charge in [-0.1, -0.05) is 6.92 Å². The zero-order valence-corrected chi connectivity index (χ0v) is 12.7. The van der Waals surface area contributed by atoms with Crippen LogP contribution in [0.4, 0.5) is 5.69 Å². The highest BCUT2D eigenvalue weighted by molar-refractivity contribution is 5.92. The molecule has 0 saturated heterocycles. The maximum absolute atomic E-state index is 12.0. The topological polar surface area (TPSA) is 139 Å². The minimum absolute atomic E-state index is 0.128. The third kappa shape index (κ3) is 5.89. The number of hydrogen-bond acceptors (Lipinski definition) is 6. The summed E-state index contributed by atoms with van der Waals surface area (Å²) in [6.45, 7) is 3.32. The second-order valence-corrected chi connectivity index (χ2v) is 4.77. The van der Waals surface area contributed by atoms with Crippen molar-refractivity contribution in [3.8, 4) is 5.75 Å². The SMILES string of the molecule is CCC[NH+]1COc2ccc([NH3+])cc2C1=O.O=C([O-])/C=C\C(=O)[O-]. The first kappa shape index (κ1) is 18.3. The molecule has 1 unspecified atom stereocenters. The zero-order valence-electron chi connectivity index (χ0n) is 12.7. The molecule has 0 spiro atoms. The third-order valence-corrected chi connectivity index (χ3v) is 2.92. The van der Waals surface area contributed by atoms with Crippen molar-refractivity contribution in [3.05, 3.63) is 35.9 Å². The van der Waals surface area contributed by atoms with E-state index in [0.717, 1.165) is 23.6 Å². The molecule has 1 aromatic carbocycles. The van der Waals surface area contributed by atoms with Gasteiger partial charge < -0.3 is 30.3 Å². The Labute approximate surface area is 132 Å². The summed E-state index contributed by atoms with van der Waals surface area (Å²) in [5.41, 5.74) is 5.33. The summed E-state index contributed by atoms with van der Waals surface area (Å²) in [5, 5.41) is 18.8. The summed E-state index contributed by atoms with van der Waals surface area (Å²) in [4.78, 5) is 31.7. The molecule has 1 aliphatic rings. The molecule has 124 valence electrons. The lowest BCUT2D eigenvalue weighted by Crippen LogP contribution is -3.16. The second kappa shape index (κ2) is 8.66. The Kier molecular flexibility index (Phi) is 6.91. The van der Waals surface area contributed by atoms with Crippen LogP contribution in [0.15, 0.2) is 30.4 Å². The van der Waals surface area contributed by atoms with Crippen LogP contribution in [0.3, 0.4) is 0 Å². The molecule has 8 nitrogen and oxygen atoms in total. The average molecular weight is 322 g/mol. The zero-order chi connectivity index (χ0) is 17.4. The lowest BCUT2D eigenvalue weighted by atomic mass is 10.1. The summed E-state index contributed by atoms with van der Waals surface area (Å²) in [6.07, 6.45) is 1.74. The van der Waals surface area contributed by atoms with E-state index in [4.69, 9.17) is 4.74 Å². The van der Waals surface area contributed by atoms with Gasteiger partial charge in [0, 0.05) is 12.1 Å². The summed E-state index contributed by atoms with van der Waals surface area (Å²) in [6, 6.07) is 5.47. The number of ether oxygens (including phenoxy) is 1. The number of aliphatic carboxylic acids is 2. The Hall–Kier alpha value is -2.71. The van der Waals surface area contributed by atoms with Crippen molar-refractivity contribution >= 4 is 23.5 Å². The van der Waals surface area contributed by atoms with Gasteiger partial charge >= 0.3 is 5.91 Å². The number of rotatable bonds is 4. The molecule has 0 radical (unpaired) electrons. The molecule has 0 aromatic heterocycles. The van der Waals surface area contributed by atoms with Crippen molar-refractivity contribution < 1.29 is 40.0 Å². The highest BCUT2D eigenvalue weighted by Gasteiger charge is 2.30. The predicted octanol–water partition coefficient (Wildman–Crippen LogP) is -3.61. The molecule has 0 saturated carbocycles.